The van der Waals surface area contributed by atoms with E-state index in [1.165, 1.54) is 29.8 Å². The van der Waals surface area contributed by atoms with Gasteiger partial charge >= 0.3 is 0 Å². The number of benzene rings is 3. The Labute approximate surface area is 300 Å². The number of phenols is 1. The van der Waals surface area contributed by atoms with Gasteiger partial charge in [-0.05, 0) is 85.4 Å². The summed E-state index contributed by atoms with van der Waals surface area (Å²) in [5.74, 6) is -1.05. The van der Waals surface area contributed by atoms with Crippen molar-refractivity contribution < 1.29 is 29.3 Å². The fraction of sp³-hybridized carbons (Fsp3) is 0.256. The smallest absolute Gasteiger partial charge is 0.267 e. The van der Waals surface area contributed by atoms with Gasteiger partial charge in [0, 0.05) is 49.1 Å². The number of piperidine rings is 1. The molecule has 0 bridgehead atoms. The summed E-state index contributed by atoms with van der Waals surface area (Å²) < 4.78 is 20.6. The number of amides is 1. The number of hydrogen-bond acceptors (Lipinski definition) is 11. The van der Waals surface area contributed by atoms with E-state index in [2.05, 4.69) is 17.5 Å². The molecular formula is C39H36FN7O5. The molecule has 0 radical (unpaired) electrons. The number of nitrogens with one attached hydrogen (secondary N) is 2. The molecule has 1 amide bonds. The van der Waals surface area contributed by atoms with Gasteiger partial charge in [0.25, 0.3) is 5.91 Å². The zero-order chi connectivity index (χ0) is 37.4. The minimum Gasteiger partial charge on any atom is -0.504 e. The van der Waals surface area contributed by atoms with E-state index in [4.69, 9.17) is 14.9 Å². The fourth-order valence-corrected chi connectivity index (χ4v) is 5.90. The SMILES string of the molecule is CC(C)(O)COc1ccc(-c2cnc(N3CCC(NCc4ccc(/C=C/C(=O)NO)c(C#N)c4)CC3)c(C#N)c2-c2ccc(C#N)c(F)c2)cc1O. The van der Waals surface area contributed by atoms with Crippen LogP contribution >= 0.6 is 0 Å². The number of nitrogens with zero attached hydrogens (tertiary/aromatic N) is 5. The van der Waals surface area contributed by atoms with Crippen LogP contribution in [-0.4, -0.2) is 57.7 Å². The van der Waals surface area contributed by atoms with Crippen molar-refractivity contribution in [2.24, 2.45) is 0 Å². The summed E-state index contributed by atoms with van der Waals surface area (Å²) in [5, 5.41) is 62.5. The van der Waals surface area contributed by atoms with Gasteiger partial charge in [0.2, 0.25) is 0 Å². The molecule has 12 nitrogen and oxygen atoms in total. The summed E-state index contributed by atoms with van der Waals surface area (Å²) in [4.78, 5) is 18.0. The first-order valence-corrected chi connectivity index (χ1v) is 16.4. The van der Waals surface area contributed by atoms with Crippen LogP contribution in [0.3, 0.4) is 0 Å². The molecule has 264 valence electrons. The number of anilines is 1. The molecule has 1 fully saturated rings. The van der Waals surface area contributed by atoms with Crippen LogP contribution in [0.15, 0.2) is 66.9 Å². The molecule has 1 aliphatic heterocycles. The molecule has 5 N–H and O–H groups in total. The second-order valence-electron chi connectivity index (χ2n) is 12.9. The number of pyridine rings is 1. The normalized spacial score (nSPS) is 13.3. The van der Waals surface area contributed by atoms with Crippen LogP contribution in [0.4, 0.5) is 10.2 Å². The van der Waals surface area contributed by atoms with Crippen LogP contribution in [0, 0.1) is 39.8 Å². The summed E-state index contributed by atoms with van der Waals surface area (Å²) in [6.07, 6.45) is 5.61. The highest BCUT2D eigenvalue weighted by Crippen LogP contribution is 2.41. The number of hydrogen-bond donors (Lipinski definition) is 5. The zero-order valence-corrected chi connectivity index (χ0v) is 28.5. The minimum atomic E-state index is -1.12. The summed E-state index contributed by atoms with van der Waals surface area (Å²) in [5.41, 5.74) is 3.98. The van der Waals surface area contributed by atoms with Gasteiger partial charge in [-0.1, -0.05) is 24.3 Å². The van der Waals surface area contributed by atoms with Gasteiger partial charge in [0.1, 0.15) is 35.9 Å². The molecule has 4 aromatic rings. The molecule has 1 aromatic heterocycles. The monoisotopic (exact) mass is 701 g/mol. The van der Waals surface area contributed by atoms with E-state index in [1.54, 1.807) is 50.4 Å². The Morgan fingerprint density at radius 2 is 1.77 bits per heavy atom. The van der Waals surface area contributed by atoms with Gasteiger partial charge in [0.05, 0.1) is 22.8 Å². The van der Waals surface area contributed by atoms with Gasteiger partial charge < -0.3 is 25.2 Å². The van der Waals surface area contributed by atoms with Crippen molar-refractivity contribution in [3.8, 4) is 52.0 Å². The van der Waals surface area contributed by atoms with Crippen LogP contribution < -0.4 is 20.4 Å². The lowest BCUT2D eigenvalue weighted by Crippen LogP contribution is -2.42. The number of phenolic OH excluding ortho intramolecular Hbond substituents is 1. The lowest BCUT2D eigenvalue weighted by atomic mass is 9.91. The number of nitriles is 3. The quantitative estimate of drug-likeness (QED) is 0.0772. The van der Waals surface area contributed by atoms with Crippen molar-refractivity contribution in [1.29, 1.82) is 15.8 Å². The Balaban J connectivity index is 1.38. The van der Waals surface area contributed by atoms with E-state index in [9.17, 15) is 35.2 Å². The maximum Gasteiger partial charge on any atom is 0.267 e. The number of halogens is 1. The van der Waals surface area contributed by atoms with Gasteiger partial charge in [-0.3, -0.25) is 10.0 Å². The highest BCUT2D eigenvalue weighted by molar-refractivity contribution is 5.91. The second kappa shape index (κ2) is 16.2. The zero-order valence-electron chi connectivity index (χ0n) is 28.5. The first kappa shape index (κ1) is 37.0. The first-order valence-electron chi connectivity index (χ1n) is 16.4. The number of aromatic nitrogens is 1. The van der Waals surface area contributed by atoms with E-state index in [-0.39, 0.29) is 35.3 Å². The van der Waals surface area contributed by atoms with Gasteiger partial charge in [0.15, 0.2) is 11.5 Å². The van der Waals surface area contributed by atoms with Crippen molar-refractivity contribution in [3.05, 3.63) is 101 Å². The second-order valence-corrected chi connectivity index (χ2v) is 12.9. The van der Waals surface area contributed by atoms with Crippen LogP contribution in [0.5, 0.6) is 11.5 Å². The highest BCUT2D eigenvalue weighted by Gasteiger charge is 2.26. The van der Waals surface area contributed by atoms with Crippen molar-refractivity contribution in [2.45, 2.75) is 44.9 Å². The minimum absolute atomic E-state index is 0.0567. The number of carbonyl (C=O) groups excluding carboxylic acids is 1. The predicted octanol–water partition coefficient (Wildman–Crippen LogP) is 5.30. The molecule has 5 rings (SSSR count). The van der Waals surface area contributed by atoms with Crippen molar-refractivity contribution in [2.75, 3.05) is 24.6 Å². The van der Waals surface area contributed by atoms with Crippen LogP contribution in [0.25, 0.3) is 28.3 Å². The Morgan fingerprint density at radius 1 is 1.04 bits per heavy atom. The van der Waals surface area contributed by atoms with Crippen molar-refractivity contribution in [3.63, 3.8) is 0 Å². The van der Waals surface area contributed by atoms with Crippen molar-refractivity contribution >= 4 is 17.8 Å². The average Bonchev–Trinajstić information content (AvgIpc) is 3.14. The molecule has 0 spiro atoms. The molecule has 0 unspecified atom stereocenters. The standard InChI is InChI=1S/C39H36FN7O5/c1-39(2,50)23-52-35-9-7-26(17-34(35)48)32-22-45-38(31(20-43)37(32)27-5-6-28(18-41)33(40)16-27)47-13-11-30(12-14-47)44-21-24-3-4-25(29(15-24)19-42)8-10-36(49)46-51/h3-10,15-17,22,30,44,48,50-51H,11-14,21,23H2,1-2H3,(H,46,49)/b10-8+. The molecule has 52 heavy (non-hydrogen) atoms. The average molecular weight is 702 g/mol. The fourth-order valence-electron chi connectivity index (χ4n) is 5.90. The maximum atomic E-state index is 15.0. The number of carbonyl (C=O) groups is 1. The highest BCUT2D eigenvalue weighted by atomic mass is 19.1. The molecule has 0 atom stereocenters. The van der Waals surface area contributed by atoms with E-state index in [1.807, 2.05) is 17.0 Å². The third kappa shape index (κ3) is 8.70. The van der Waals surface area contributed by atoms with Crippen LogP contribution in [0.1, 0.15) is 54.5 Å². The molecule has 2 heterocycles. The van der Waals surface area contributed by atoms with E-state index in [0.29, 0.717) is 58.8 Å². The van der Waals surface area contributed by atoms with Gasteiger partial charge in [-0.2, -0.15) is 15.8 Å². The topological polar surface area (TPSA) is 199 Å². The first-order chi connectivity index (χ1) is 24.9. The van der Waals surface area contributed by atoms with Gasteiger partial charge in [-0.15, -0.1) is 0 Å². The molecule has 0 aliphatic carbocycles. The Kier molecular flexibility index (Phi) is 11.5. The summed E-state index contributed by atoms with van der Waals surface area (Å²) in [6.45, 7) is 4.73. The lowest BCUT2D eigenvalue weighted by molar-refractivity contribution is -0.124. The van der Waals surface area contributed by atoms with Crippen molar-refractivity contribution in [1.82, 2.24) is 15.8 Å². The number of aliphatic hydroxyl groups is 1. The molecule has 3 aromatic carbocycles. The maximum absolute atomic E-state index is 15.0. The number of rotatable bonds is 11. The van der Waals surface area contributed by atoms with E-state index >= 15 is 0 Å². The summed E-state index contributed by atoms with van der Waals surface area (Å²) >= 11 is 0. The summed E-state index contributed by atoms with van der Waals surface area (Å²) in [7, 11) is 0. The van der Waals surface area contributed by atoms with Crippen LogP contribution in [-0.2, 0) is 11.3 Å². The molecule has 1 saturated heterocycles. The van der Waals surface area contributed by atoms with E-state index in [0.717, 1.165) is 24.5 Å². The number of aromatic hydroxyl groups is 1. The lowest BCUT2D eigenvalue weighted by Gasteiger charge is -2.34. The third-order valence-corrected chi connectivity index (χ3v) is 8.55. The summed E-state index contributed by atoms with van der Waals surface area (Å²) in [6, 6.07) is 20.5. The molecule has 1 aliphatic rings. The van der Waals surface area contributed by atoms with Crippen LogP contribution in [0.2, 0.25) is 0 Å². The molecule has 13 heteroatoms. The number of hydroxylamine groups is 1. The number of ether oxygens (including phenoxy) is 1. The molecule has 0 saturated carbocycles. The Hall–Kier alpha value is -6.30. The largest absolute Gasteiger partial charge is 0.504 e. The van der Waals surface area contributed by atoms with E-state index < -0.39 is 17.3 Å². The third-order valence-electron chi connectivity index (χ3n) is 8.55. The predicted molar refractivity (Wildman–Crippen MR) is 190 cm³/mol. The molecular weight excluding hydrogens is 665 g/mol. The Morgan fingerprint density at radius 3 is 2.40 bits per heavy atom. The Bertz CT molecular complexity index is 2140. The van der Waals surface area contributed by atoms with Gasteiger partial charge in [-0.25, -0.2) is 14.9 Å².